The van der Waals surface area contributed by atoms with Gasteiger partial charge in [0.1, 0.15) is 19.3 Å². The van der Waals surface area contributed by atoms with Gasteiger partial charge in [-0.15, -0.1) is 0 Å². The lowest BCUT2D eigenvalue weighted by molar-refractivity contribution is -0.870. The molecule has 0 aromatic heterocycles. The molecule has 0 aliphatic rings. The molecule has 0 aliphatic carbocycles. The maximum Gasteiger partial charge on any atom is 0.306 e. The lowest BCUT2D eigenvalue weighted by Crippen LogP contribution is -2.37. The molecule has 9 heteroatoms. The maximum absolute atomic E-state index is 12.7. The second kappa shape index (κ2) is 43.4. The van der Waals surface area contributed by atoms with E-state index in [0.717, 1.165) is 57.8 Å². The summed E-state index contributed by atoms with van der Waals surface area (Å²) in [4.78, 5) is 25.1. The van der Waals surface area contributed by atoms with Crippen LogP contribution in [0.1, 0.15) is 219 Å². The summed E-state index contributed by atoms with van der Waals surface area (Å²) in [6, 6.07) is 0. The Balaban J connectivity index is 4.14. The Labute approximate surface area is 365 Å². The summed E-state index contributed by atoms with van der Waals surface area (Å²) in [7, 11) is 1.36. The summed E-state index contributed by atoms with van der Waals surface area (Å²) in [5.41, 5.74) is 0. The van der Waals surface area contributed by atoms with Crippen molar-refractivity contribution in [1.82, 2.24) is 0 Å². The number of quaternary nitrogens is 1. The van der Waals surface area contributed by atoms with E-state index in [0.29, 0.717) is 24.1 Å². The average Bonchev–Trinajstić information content (AvgIpc) is 3.19. The smallest absolute Gasteiger partial charge is 0.306 e. The molecule has 0 saturated heterocycles. The van der Waals surface area contributed by atoms with Crippen LogP contribution >= 0.6 is 7.82 Å². The number of carbonyl (C=O) groups is 1. The van der Waals surface area contributed by atoms with Gasteiger partial charge in [0.15, 0.2) is 0 Å². The first-order chi connectivity index (χ1) is 28.6. The van der Waals surface area contributed by atoms with E-state index in [1.165, 1.54) is 141 Å². The van der Waals surface area contributed by atoms with Gasteiger partial charge in [0, 0.05) is 13.0 Å². The zero-order valence-electron chi connectivity index (χ0n) is 39.5. The number of hydrogen-bond acceptors (Lipinski definition) is 7. The molecule has 0 N–H and O–H groups in total. The maximum atomic E-state index is 12.7. The second-order valence-corrected chi connectivity index (χ2v) is 19.2. The Morgan fingerprint density at radius 3 is 1.47 bits per heavy atom. The number of ether oxygens (including phenoxy) is 2. The second-order valence-electron chi connectivity index (χ2n) is 17.8. The molecular formula is C50H96NO7P. The van der Waals surface area contributed by atoms with Gasteiger partial charge in [-0.1, -0.05) is 204 Å². The zero-order chi connectivity index (χ0) is 43.4. The molecule has 2 unspecified atom stereocenters. The quantitative estimate of drug-likeness (QED) is 0.0198. The third kappa shape index (κ3) is 47.6. The molecule has 0 aromatic rings. The minimum absolute atomic E-state index is 0.0250. The molecule has 348 valence electrons. The number of rotatable bonds is 46. The third-order valence-corrected chi connectivity index (χ3v) is 11.7. The minimum atomic E-state index is -4.53. The van der Waals surface area contributed by atoms with Gasteiger partial charge in [-0.2, -0.15) is 0 Å². The highest BCUT2D eigenvalue weighted by molar-refractivity contribution is 7.45. The van der Waals surface area contributed by atoms with Gasteiger partial charge in [0.05, 0.1) is 34.4 Å². The molecule has 8 nitrogen and oxygen atoms in total. The highest BCUT2D eigenvalue weighted by Crippen LogP contribution is 2.38. The topological polar surface area (TPSA) is 94.1 Å². The lowest BCUT2D eigenvalue weighted by atomic mass is 10.0. The summed E-state index contributed by atoms with van der Waals surface area (Å²) >= 11 is 0. The van der Waals surface area contributed by atoms with Gasteiger partial charge in [-0.25, -0.2) is 0 Å². The van der Waals surface area contributed by atoms with Crippen LogP contribution in [0.15, 0.2) is 36.5 Å². The SMILES string of the molecule is CC/C=C\C/C=C\C/C=C\CCCCCCCCCC(=O)OC(COCCCCCCCCCCCCCCCCCCCCCC)COP(=O)([O-])OCC[N+](C)(C)C. The van der Waals surface area contributed by atoms with Crippen LogP contribution < -0.4 is 4.89 Å². The van der Waals surface area contributed by atoms with Crippen molar-refractivity contribution in [1.29, 1.82) is 0 Å². The summed E-state index contributed by atoms with van der Waals surface area (Å²) in [5, 5.41) is 0. The van der Waals surface area contributed by atoms with Crippen LogP contribution in [0.25, 0.3) is 0 Å². The van der Waals surface area contributed by atoms with E-state index < -0.39 is 13.9 Å². The summed E-state index contributed by atoms with van der Waals surface area (Å²) in [6.45, 7) is 5.33. The van der Waals surface area contributed by atoms with Crippen molar-refractivity contribution in [2.45, 2.75) is 225 Å². The highest BCUT2D eigenvalue weighted by atomic mass is 31.2. The number of esters is 1. The number of unbranched alkanes of at least 4 members (excludes halogenated alkanes) is 26. The van der Waals surface area contributed by atoms with Crippen LogP contribution in [0.4, 0.5) is 0 Å². The van der Waals surface area contributed by atoms with Crippen LogP contribution in [-0.4, -0.2) is 70.7 Å². The number of carbonyl (C=O) groups excluding carboxylic acids is 1. The standard InChI is InChI=1S/C50H96NO7P/c1-6-8-10-12-14-16-18-20-22-24-25-26-28-30-32-34-36-38-40-42-45-55-47-49(48-57-59(53,54)56-46-44-51(3,4)5)58-50(52)43-41-39-37-35-33-31-29-27-23-21-19-17-15-13-11-9-7-2/h9,11,15,17,21,23,49H,6-8,10,12-14,16,18-20,22,24-48H2,1-5H3/b11-9-,17-15-,23-21-. The molecule has 2 atom stereocenters. The van der Waals surface area contributed by atoms with Gasteiger partial charge < -0.3 is 27.9 Å². The third-order valence-electron chi connectivity index (χ3n) is 10.7. The lowest BCUT2D eigenvalue weighted by Gasteiger charge is -2.28. The van der Waals surface area contributed by atoms with E-state index in [2.05, 4.69) is 50.3 Å². The monoisotopic (exact) mass is 854 g/mol. The average molecular weight is 854 g/mol. The first-order valence-electron chi connectivity index (χ1n) is 24.7. The zero-order valence-corrected chi connectivity index (χ0v) is 40.4. The largest absolute Gasteiger partial charge is 0.756 e. The van der Waals surface area contributed by atoms with Crippen LogP contribution in [0.5, 0.6) is 0 Å². The Hall–Kier alpha value is -1.28. The highest BCUT2D eigenvalue weighted by Gasteiger charge is 2.20. The van der Waals surface area contributed by atoms with Gasteiger partial charge in [0.2, 0.25) is 0 Å². The van der Waals surface area contributed by atoms with Crippen molar-refractivity contribution in [3.8, 4) is 0 Å². The molecule has 0 aliphatic heterocycles. The molecule has 0 fully saturated rings. The van der Waals surface area contributed by atoms with E-state index in [9.17, 15) is 14.3 Å². The molecule has 0 saturated carbocycles. The molecule has 0 bridgehead atoms. The van der Waals surface area contributed by atoms with E-state index in [1.54, 1.807) is 0 Å². The summed E-state index contributed by atoms with van der Waals surface area (Å²) in [6.07, 6.45) is 51.6. The molecule has 0 rings (SSSR count). The molecule has 0 aromatic carbocycles. The number of hydrogen-bond donors (Lipinski definition) is 0. The first-order valence-corrected chi connectivity index (χ1v) is 26.2. The van der Waals surface area contributed by atoms with Crippen LogP contribution in [0.3, 0.4) is 0 Å². The van der Waals surface area contributed by atoms with Crippen molar-refractivity contribution < 1.29 is 37.3 Å². The van der Waals surface area contributed by atoms with Crippen molar-refractivity contribution >= 4 is 13.8 Å². The van der Waals surface area contributed by atoms with Gasteiger partial charge in [-0.3, -0.25) is 9.36 Å². The normalized spacial score (nSPS) is 13.9. The molecule has 0 radical (unpaired) electrons. The number of nitrogens with zero attached hydrogens (tertiary/aromatic N) is 1. The Kier molecular flexibility index (Phi) is 42.4. The molecule has 0 amide bonds. The molecular weight excluding hydrogens is 758 g/mol. The van der Waals surface area contributed by atoms with E-state index in [1.807, 2.05) is 21.1 Å². The fraction of sp³-hybridized carbons (Fsp3) is 0.860. The number of allylic oxidation sites excluding steroid dienone is 6. The summed E-state index contributed by atoms with van der Waals surface area (Å²) < 4.78 is 34.7. The fourth-order valence-corrected chi connectivity index (χ4v) is 7.64. The Bertz CT molecular complexity index is 1040. The van der Waals surface area contributed by atoms with Crippen LogP contribution in [-0.2, 0) is 27.9 Å². The number of likely N-dealkylation sites (N-methyl/N-ethyl adjacent to an activating group) is 1. The summed E-state index contributed by atoms with van der Waals surface area (Å²) in [5.74, 6) is -0.341. The predicted molar refractivity (Wildman–Crippen MR) is 250 cm³/mol. The minimum Gasteiger partial charge on any atom is -0.756 e. The van der Waals surface area contributed by atoms with E-state index in [-0.39, 0.29) is 25.8 Å². The van der Waals surface area contributed by atoms with Gasteiger partial charge in [-0.05, 0) is 44.9 Å². The fourth-order valence-electron chi connectivity index (χ4n) is 6.92. The van der Waals surface area contributed by atoms with Crippen LogP contribution in [0.2, 0.25) is 0 Å². The molecule has 0 heterocycles. The van der Waals surface area contributed by atoms with Gasteiger partial charge in [0.25, 0.3) is 7.82 Å². The van der Waals surface area contributed by atoms with Crippen molar-refractivity contribution in [2.24, 2.45) is 0 Å². The first kappa shape index (κ1) is 57.7. The Morgan fingerprint density at radius 1 is 0.542 bits per heavy atom. The molecule has 59 heavy (non-hydrogen) atoms. The predicted octanol–water partition coefficient (Wildman–Crippen LogP) is 14.3. The number of phosphoric ester groups is 1. The van der Waals surface area contributed by atoms with Gasteiger partial charge >= 0.3 is 5.97 Å². The van der Waals surface area contributed by atoms with E-state index >= 15 is 0 Å². The number of phosphoric acid groups is 1. The van der Waals surface area contributed by atoms with Crippen molar-refractivity contribution in [3.05, 3.63) is 36.5 Å². The van der Waals surface area contributed by atoms with Crippen molar-refractivity contribution in [2.75, 3.05) is 54.1 Å². The van der Waals surface area contributed by atoms with Crippen LogP contribution in [0, 0.1) is 0 Å². The van der Waals surface area contributed by atoms with E-state index in [4.69, 9.17) is 18.5 Å². The molecule has 0 spiro atoms. The Morgan fingerprint density at radius 2 is 0.983 bits per heavy atom. The van der Waals surface area contributed by atoms with Crippen molar-refractivity contribution in [3.63, 3.8) is 0 Å².